The molecular weight excluding hydrogens is 210 g/mol. The summed E-state index contributed by atoms with van der Waals surface area (Å²) >= 11 is 0. The van der Waals surface area contributed by atoms with Crippen molar-refractivity contribution in [3.63, 3.8) is 0 Å². The number of hydrogen-bond acceptors (Lipinski definition) is 2. The molecule has 90 valence electrons. The predicted octanol–water partition coefficient (Wildman–Crippen LogP) is 2.21. The van der Waals surface area contributed by atoms with Crippen LogP contribution >= 0.6 is 0 Å². The first kappa shape index (κ1) is 11.9. The lowest BCUT2D eigenvalue weighted by atomic mass is 9.97. The molecule has 0 bridgehead atoms. The quantitative estimate of drug-likeness (QED) is 0.877. The smallest absolute Gasteiger partial charge is 0.0675 e. The molecule has 0 amide bonds. The van der Waals surface area contributed by atoms with Crippen LogP contribution in [0.1, 0.15) is 17.0 Å². The summed E-state index contributed by atoms with van der Waals surface area (Å²) in [5.41, 5.74) is 11.8. The minimum absolute atomic E-state index is 0.651. The Morgan fingerprint density at radius 2 is 1.94 bits per heavy atom. The summed E-state index contributed by atoms with van der Waals surface area (Å²) in [4.78, 5) is 0. The Morgan fingerprint density at radius 1 is 1.24 bits per heavy atom. The lowest BCUT2D eigenvalue weighted by molar-refractivity contribution is 0.701. The summed E-state index contributed by atoms with van der Waals surface area (Å²) in [7, 11) is 1.99. The molecule has 0 atom stereocenters. The van der Waals surface area contributed by atoms with Gasteiger partial charge in [0, 0.05) is 24.7 Å². The molecule has 0 unspecified atom stereocenters. The minimum Gasteiger partial charge on any atom is -0.330 e. The third-order valence-corrected chi connectivity index (χ3v) is 3.14. The zero-order valence-electron chi connectivity index (χ0n) is 10.7. The van der Waals surface area contributed by atoms with E-state index in [-0.39, 0.29) is 0 Å². The molecule has 0 fully saturated rings. The van der Waals surface area contributed by atoms with E-state index in [1.54, 1.807) is 0 Å². The number of aromatic nitrogens is 2. The van der Waals surface area contributed by atoms with Crippen LogP contribution in [0.25, 0.3) is 11.1 Å². The molecule has 0 saturated carbocycles. The Morgan fingerprint density at radius 3 is 2.59 bits per heavy atom. The number of nitrogens with two attached hydrogens (primary N) is 1. The first-order valence-electron chi connectivity index (χ1n) is 5.93. The summed E-state index contributed by atoms with van der Waals surface area (Å²) in [6.07, 6.45) is 0.862. The predicted molar refractivity (Wildman–Crippen MR) is 70.9 cm³/mol. The largest absolute Gasteiger partial charge is 0.330 e. The summed E-state index contributed by atoms with van der Waals surface area (Å²) < 4.78 is 1.95. The van der Waals surface area contributed by atoms with Gasteiger partial charge in [-0.15, -0.1) is 0 Å². The Hall–Kier alpha value is -1.61. The van der Waals surface area contributed by atoms with Crippen molar-refractivity contribution in [2.24, 2.45) is 12.8 Å². The molecule has 3 heteroatoms. The van der Waals surface area contributed by atoms with Crippen molar-refractivity contribution < 1.29 is 0 Å². The third kappa shape index (κ3) is 2.11. The van der Waals surface area contributed by atoms with Gasteiger partial charge in [-0.2, -0.15) is 5.10 Å². The molecule has 17 heavy (non-hydrogen) atoms. The molecule has 1 aromatic heterocycles. The summed E-state index contributed by atoms with van der Waals surface area (Å²) in [6.45, 7) is 4.84. The highest BCUT2D eigenvalue weighted by molar-refractivity contribution is 5.71. The van der Waals surface area contributed by atoms with Crippen LogP contribution in [0.4, 0.5) is 0 Å². The van der Waals surface area contributed by atoms with Gasteiger partial charge in [0.2, 0.25) is 0 Å². The number of rotatable bonds is 3. The first-order valence-corrected chi connectivity index (χ1v) is 5.93. The van der Waals surface area contributed by atoms with E-state index in [1.807, 2.05) is 11.7 Å². The molecule has 2 aromatic rings. The molecule has 3 nitrogen and oxygen atoms in total. The van der Waals surface area contributed by atoms with E-state index in [2.05, 4.69) is 43.2 Å². The topological polar surface area (TPSA) is 43.8 Å². The molecule has 0 aliphatic carbocycles. The van der Waals surface area contributed by atoms with Gasteiger partial charge in [-0.3, -0.25) is 4.68 Å². The van der Waals surface area contributed by atoms with Crippen LogP contribution in [0, 0.1) is 13.8 Å². The maximum Gasteiger partial charge on any atom is 0.0675 e. The highest BCUT2D eigenvalue weighted by Crippen LogP contribution is 2.29. The maximum absolute atomic E-state index is 5.68. The molecule has 0 saturated heterocycles. The molecule has 0 aliphatic heterocycles. The molecule has 1 aromatic carbocycles. The number of benzene rings is 1. The van der Waals surface area contributed by atoms with Crippen molar-refractivity contribution in [1.82, 2.24) is 9.78 Å². The van der Waals surface area contributed by atoms with Crippen molar-refractivity contribution in [2.45, 2.75) is 20.3 Å². The number of hydrogen-bond donors (Lipinski definition) is 1. The molecule has 2 rings (SSSR count). The normalized spacial score (nSPS) is 10.8. The van der Waals surface area contributed by atoms with E-state index in [0.29, 0.717) is 6.54 Å². The van der Waals surface area contributed by atoms with Gasteiger partial charge in [-0.1, -0.05) is 24.3 Å². The maximum atomic E-state index is 5.68. The van der Waals surface area contributed by atoms with Crippen molar-refractivity contribution in [2.75, 3.05) is 6.54 Å². The average molecular weight is 229 g/mol. The van der Waals surface area contributed by atoms with Gasteiger partial charge >= 0.3 is 0 Å². The van der Waals surface area contributed by atoms with Crippen LogP contribution in [-0.4, -0.2) is 16.3 Å². The van der Waals surface area contributed by atoms with Crippen LogP contribution in [0.15, 0.2) is 24.3 Å². The zero-order valence-corrected chi connectivity index (χ0v) is 10.7. The fourth-order valence-electron chi connectivity index (χ4n) is 2.33. The Bertz CT molecular complexity index is 526. The molecule has 0 aliphatic rings. The van der Waals surface area contributed by atoms with Gasteiger partial charge in [0.05, 0.1) is 5.69 Å². The first-order chi connectivity index (χ1) is 8.15. The fraction of sp³-hybridized carbons (Fsp3) is 0.357. The molecule has 0 radical (unpaired) electrons. The Kier molecular flexibility index (Phi) is 3.29. The van der Waals surface area contributed by atoms with E-state index in [1.165, 1.54) is 22.4 Å². The van der Waals surface area contributed by atoms with Crippen LogP contribution in [0.2, 0.25) is 0 Å². The third-order valence-electron chi connectivity index (χ3n) is 3.14. The van der Waals surface area contributed by atoms with E-state index in [9.17, 15) is 0 Å². The van der Waals surface area contributed by atoms with E-state index in [4.69, 9.17) is 5.73 Å². The molecule has 2 N–H and O–H groups in total. The second-order valence-electron chi connectivity index (χ2n) is 4.38. The summed E-state index contributed by atoms with van der Waals surface area (Å²) in [5.74, 6) is 0. The lowest BCUT2D eigenvalue weighted by Gasteiger charge is -2.08. The van der Waals surface area contributed by atoms with E-state index < -0.39 is 0 Å². The highest BCUT2D eigenvalue weighted by atomic mass is 15.3. The molecular formula is C14H19N3. The number of aryl methyl sites for hydroxylation is 3. The van der Waals surface area contributed by atoms with Crippen LogP contribution in [0.5, 0.6) is 0 Å². The van der Waals surface area contributed by atoms with Gasteiger partial charge in [0.15, 0.2) is 0 Å². The van der Waals surface area contributed by atoms with Crippen molar-refractivity contribution in [1.29, 1.82) is 0 Å². The van der Waals surface area contributed by atoms with Gasteiger partial charge in [-0.25, -0.2) is 0 Å². The lowest BCUT2D eigenvalue weighted by Crippen LogP contribution is -2.08. The molecule has 0 spiro atoms. The fourth-order valence-corrected chi connectivity index (χ4v) is 2.33. The monoisotopic (exact) mass is 229 g/mol. The van der Waals surface area contributed by atoms with Crippen molar-refractivity contribution in [3.8, 4) is 11.1 Å². The Labute approximate surface area is 102 Å². The summed E-state index contributed by atoms with van der Waals surface area (Å²) in [5, 5.41) is 4.51. The van der Waals surface area contributed by atoms with Crippen molar-refractivity contribution in [3.05, 3.63) is 41.2 Å². The van der Waals surface area contributed by atoms with Gasteiger partial charge < -0.3 is 5.73 Å². The van der Waals surface area contributed by atoms with E-state index in [0.717, 1.165) is 12.1 Å². The summed E-state index contributed by atoms with van der Waals surface area (Å²) in [6, 6.07) is 8.42. The number of nitrogens with zero attached hydrogens (tertiary/aromatic N) is 2. The highest BCUT2D eigenvalue weighted by Gasteiger charge is 2.15. The second kappa shape index (κ2) is 4.72. The zero-order chi connectivity index (χ0) is 12.4. The molecule has 1 heterocycles. The van der Waals surface area contributed by atoms with Gasteiger partial charge in [0.25, 0.3) is 0 Å². The van der Waals surface area contributed by atoms with Crippen molar-refractivity contribution >= 4 is 0 Å². The van der Waals surface area contributed by atoms with Crippen LogP contribution in [0.3, 0.4) is 0 Å². The average Bonchev–Trinajstić information content (AvgIpc) is 2.56. The second-order valence-corrected chi connectivity index (χ2v) is 4.38. The van der Waals surface area contributed by atoms with Crippen LogP contribution < -0.4 is 5.73 Å². The van der Waals surface area contributed by atoms with Crippen LogP contribution in [-0.2, 0) is 13.5 Å². The van der Waals surface area contributed by atoms with Gasteiger partial charge in [-0.05, 0) is 31.5 Å². The standard InChI is InChI=1S/C14H19N3/c1-10-6-4-5-7-12(10)14-11(2)16-17(3)13(14)8-9-15/h4-7H,8-9,15H2,1-3H3. The Balaban J connectivity index is 2.62. The minimum atomic E-state index is 0.651. The SMILES string of the molecule is Cc1ccccc1-c1c(C)nn(C)c1CCN. The van der Waals surface area contributed by atoms with E-state index >= 15 is 0 Å². The van der Waals surface area contributed by atoms with Gasteiger partial charge in [0.1, 0.15) is 0 Å².